The molecule has 0 heterocycles. The van der Waals surface area contributed by atoms with Gasteiger partial charge in [0.15, 0.2) is 0 Å². The van der Waals surface area contributed by atoms with Gasteiger partial charge in [-0.2, -0.15) is 0 Å². The van der Waals surface area contributed by atoms with Crippen LogP contribution in [-0.2, 0) is 9.59 Å². The van der Waals surface area contributed by atoms with E-state index < -0.39 is 0 Å². The number of halogens is 1. The number of amides is 2. The molecule has 0 spiro atoms. The molecule has 136 valence electrons. The summed E-state index contributed by atoms with van der Waals surface area (Å²) < 4.78 is 0. The average molecular weight is 371 g/mol. The van der Waals surface area contributed by atoms with Crippen LogP contribution in [0.15, 0.2) is 42.5 Å². The van der Waals surface area contributed by atoms with Crippen LogP contribution >= 0.6 is 11.6 Å². The Morgan fingerprint density at radius 2 is 1.77 bits per heavy atom. The van der Waals surface area contributed by atoms with E-state index in [1.165, 1.54) is 11.0 Å². The van der Waals surface area contributed by atoms with Crippen LogP contribution in [0.1, 0.15) is 22.3 Å². The molecule has 0 unspecified atom stereocenters. The van der Waals surface area contributed by atoms with E-state index in [9.17, 15) is 9.59 Å². The van der Waals surface area contributed by atoms with Crippen molar-refractivity contribution in [3.63, 3.8) is 0 Å². The first-order valence-electron chi connectivity index (χ1n) is 8.32. The van der Waals surface area contributed by atoms with Crippen LogP contribution in [0.25, 0.3) is 6.08 Å². The SMILES string of the molecule is Cc1cc(C)c(NC(=O)CN(C)C(=O)/C=C/c2cccc(Cl)c2)c(C)c1. The van der Waals surface area contributed by atoms with Gasteiger partial charge < -0.3 is 10.2 Å². The molecule has 0 atom stereocenters. The van der Waals surface area contributed by atoms with Gasteiger partial charge in [-0.15, -0.1) is 0 Å². The van der Waals surface area contributed by atoms with Gasteiger partial charge in [0.1, 0.15) is 0 Å². The summed E-state index contributed by atoms with van der Waals surface area (Å²) in [6.45, 7) is 5.91. The maximum absolute atomic E-state index is 12.3. The van der Waals surface area contributed by atoms with Gasteiger partial charge in [-0.05, 0) is 55.7 Å². The molecule has 0 aliphatic carbocycles. The molecule has 0 aromatic heterocycles. The predicted molar refractivity (Wildman–Crippen MR) is 107 cm³/mol. The third-order valence-corrected chi connectivity index (χ3v) is 4.20. The Labute approximate surface area is 159 Å². The molecule has 0 saturated carbocycles. The molecule has 0 saturated heterocycles. The number of benzene rings is 2. The number of nitrogens with zero attached hydrogens (tertiary/aromatic N) is 1. The average Bonchev–Trinajstić information content (AvgIpc) is 2.56. The summed E-state index contributed by atoms with van der Waals surface area (Å²) in [5, 5.41) is 3.51. The first-order chi connectivity index (χ1) is 12.3. The Morgan fingerprint density at radius 3 is 2.38 bits per heavy atom. The van der Waals surface area contributed by atoms with E-state index in [4.69, 9.17) is 11.6 Å². The molecule has 0 aliphatic heterocycles. The van der Waals surface area contributed by atoms with Crippen molar-refractivity contribution < 1.29 is 9.59 Å². The second-order valence-electron chi connectivity index (χ2n) is 6.40. The van der Waals surface area contributed by atoms with E-state index in [0.717, 1.165) is 27.9 Å². The summed E-state index contributed by atoms with van der Waals surface area (Å²) in [4.78, 5) is 25.9. The third-order valence-electron chi connectivity index (χ3n) is 3.97. The highest BCUT2D eigenvalue weighted by Gasteiger charge is 2.13. The van der Waals surface area contributed by atoms with Gasteiger partial charge in [0, 0.05) is 23.8 Å². The molecule has 2 amide bonds. The van der Waals surface area contributed by atoms with Crippen molar-refractivity contribution in [2.45, 2.75) is 20.8 Å². The number of anilines is 1. The van der Waals surface area contributed by atoms with Gasteiger partial charge >= 0.3 is 0 Å². The van der Waals surface area contributed by atoms with E-state index in [-0.39, 0.29) is 18.4 Å². The van der Waals surface area contributed by atoms with E-state index in [1.807, 2.05) is 45.0 Å². The summed E-state index contributed by atoms with van der Waals surface area (Å²) in [7, 11) is 1.60. The molecule has 1 N–H and O–H groups in total. The molecular formula is C21H23ClN2O2. The lowest BCUT2D eigenvalue weighted by Gasteiger charge is -2.17. The zero-order valence-electron chi connectivity index (χ0n) is 15.5. The standard InChI is InChI=1S/C21H23ClN2O2/c1-14-10-15(2)21(16(3)11-14)23-19(25)13-24(4)20(26)9-8-17-6-5-7-18(22)12-17/h5-12H,13H2,1-4H3,(H,23,25)/b9-8+. The molecule has 4 nitrogen and oxygen atoms in total. The zero-order valence-corrected chi connectivity index (χ0v) is 16.2. The summed E-state index contributed by atoms with van der Waals surface area (Å²) in [5.74, 6) is -0.482. The molecule has 0 bridgehead atoms. The summed E-state index contributed by atoms with van der Waals surface area (Å²) in [6, 6.07) is 11.2. The first kappa shape index (κ1) is 19.7. The molecule has 5 heteroatoms. The van der Waals surface area contributed by atoms with Crippen LogP contribution in [-0.4, -0.2) is 30.3 Å². The van der Waals surface area contributed by atoms with Crippen molar-refractivity contribution in [1.82, 2.24) is 4.90 Å². The fraction of sp³-hybridized carbons (Fsp3) is 0.238. The number of likely N-dealkylation sites (N-methyl/N-ethyl adjacent to an activating group) is 1. The summed E-state index contributed by atoms with van der Waals surface area (Å²) in [5.41, 5.74) is 4.79. The highest BCUT2D eigenvalue weighted by Crippen LogP contribution is 2.21. The number of nitrogens with one attached hydrogen (secondary N) is 1. The normalized spacial score (nSPS) is 10.8. The minimum atomic E-state index is -0.252. The lowest BCUT2D eigenvalue weighted by molar-refractivity contribution is -0.129. The van der Waals surface area contributed by atoms with Crippen molar-refractivity contribution >= 4 is 35.2 Å². The molecule has 2 aromatic carbocycles. The van der Waals surface area contributed by atoms with Crippen LogP contribution in [0, 0.1) is 20.8 Å². The van der Waals surface area contributed by atoms with E-state index >= 15 is 0 Å². The lowest BCUT2D eigenvalue weighted by atomic mass is 10.1. The van der Waals surface area contributed by atoms with Crippen LogP contribution < -0.4 is 5.32 Å². The Kier molecular flexibility index (Phi) is 6.58. The fourth-order valence-corrected chi connectivity index (χ4v) is 2.95. The number of aryl methyl sites for hydroxylation is 3. The zero-order chi connectivity index (χ0) is 19.3. The van der Waals surface area contributed by atoms with Crippen molar-refractivity contribution in [3.8, 4) is 0 Å². The number of hydrogen-bond acceptors (Lipinski definition) is 2. The third kappa shape index (κ3) is 5.46. The Hall–Kier alpha value is -2.59. The topological polar surface area (TPSA) is 49.4 Å². The first-order valence-corrected chi connectivity index (χ1v) is 8.70. The van der Waals surface area contributed by atoms with Gasteiger partial charge in [-0.3, -0.25) is 9.59 Å². The lowest BCUT2D eigenvalue weighted by Crippen LogP contribution is -2.34. The minimum absolute atomic E-state index is 0.0223. The van der Waals surface area contributed by atoms with E-state index in [0.29, 0.717) is 5.02 Å². The van der Waals surface area contributed by atoms with Gasteiger partial charge in [0.2, 0.25) is 11.8 Å². The maximum Gasteiger partial charge on any atom is 0.246 e. The van der Waals surface area contributed by atoms with Crippen LogP contribution in [0.2, 0.25) is 5.02 Å². The second kappa shape index (κ2) is 8.68. The van der Waals surface area contributed by atoms with Gasteiger partial charge in [-0.25, -0.2) is 0 Å². The van der Waals surface area contributed by atoms with Crippen molar-refractivity contribution in [3.05, 3.63) is 69.8 Å². The quantitative estimate of drug-likeness (QED) is 0.794. The number of rotatable bonds is 5. The molecule has 2 rings (SSSR count). The number of carbonyl (C=O) groups is 2. The van der Waals surface area contributed by atoms with Crippen molar-refractivity contribution in [2.24, 2.45) is 0 Å². The molecule has 0 aliphatic rings. The summed E-state index contributed by atoms with van der Waals surface area (Å²) >= 11 is 5.92. The van der Waals surface area contributed by atoms with Crippen molar-refractivity contribution in [1.29, 1.82) is 0 Å². The highest BCUT2D eigenvalue weighted by molar-refractivity contribution is 6.30. The Morgan fingerprint density at radius 1 is 1.12 bits per heavy atom. The van der Waals surface area contributed by atoms with Crippen LogP contribution in [0.4, 0.5) is 5.69 Å². The van der Waals surface area contributed by atoms with Gasteiger partial charge in [0.05, 0.1) is 6.54 Å². The highest BCUT2D eigenvalue weighted by atomic mass is 35.5. The van der Waals surface area contributed by atoms with Crippen molar-refractivity contribution in [2.75, 3.05) is 18.9 Å². The molecule has 2 aromatic rings. The minimum Gasteiger partial charge on any atom is -0.333 e. The maximum atomic E-state index is 12.3. The Bertz CT molecular complexity index is 836. The molecular weight excluding hydrogens is 348 g/mol. The second-order valence-corrected chi connectivity index (χ2v) is 6.84. The predicted octanol–water partition coefficient (Wildman–Crippen LogP) is 4.38. The smallest absolute Gasteiger partial charge is 0.246 e. The number of hydrogen-bond donors (Lipinski definition) is 1. The van der Waals surface area contributed by atoms with Crippen LogP contribution in [0.3, 0.4) is 0 Å². The molecule has 0 fully saturated rings. The number of carbonyl (C=O) groups excluding carboxylic acids is 2. The van der Waals surface area contributed by atoms with E-state index in [1.54, 1.807) is 25.3 Å². The summed E-state index contributed by atoms with van der Waals surface area (Å²) in [6.07, 6.45) is 3.11. The Balaban J connectivity index is 1.97. The monoisotopic (exact) mass is 370 g/mol. The van der Waals surface area contributed by atoms with E-state index in [2.05, 4.69) is 5.32 Å². The fourth-order valence-electron chi connectivity index (χ4n) is 2.75. The van der Waals surface area contributed by atoms with Gasteiger partial charge in [0.25, 0.3) is 0 Å². The van der Waals surface area contributed by atoms with Gasteiger partial charge in [-0.1, -0.05) is 41.4 Å². The molecule has 0 radical (unpaired) electrons. The molecule has 26 heavy (non-hydrogen) atoms. The largest absolute Gasteiger partial charge is 0.333 e. The van der Waals surface area contributed by atoms with Crippen LogP contribution in [0.5, 0.6) is 0 Å².